The third-order valence-electron chi connectivity index (χ3n) is 2.43. The minimum Gasteiger partial charge on any atom is -0.476 e. The number of nitrogens with one attached hydrogen (secondary N) is 1. The van der Waals surface area contributed by atoms with Crippen LogP contribution >= 0.6 is 27.5 Å². The lowest BCUT2D eigenvalue weighted by Crippen LogP contribution is -2.16. The first-order chi connectivity index (χ1) is 9.49. The number of aromatic nitrogens is 1. The van der Waals surface area contributed by atoms with Crippen molar-refractivity contribution in [3.8, 4) is 0 Å². The largest absolute Gasteiger partial charge is 0.476 e. The molecule has 1 aromatic carbocycles. The number of rotatable bonds is 3. The van der Waals surface area contributed by atoms with Crippen LogP contribution in [0.3, 0.4) is 0 Å². The maximum absolute atomic E-state index is 12.1. The number of hydrogen-bond donors (Lipinski definition) is 2. The Morgan fingerprint density at radius 3 is 2.70 bits per heavy atom. The summed E-state index contributed by atoms with van der Waals surface area (Å²) < 4.78 is 0.742. The van der Waals surface area contributed by atoms with Crippen LogP contribution < -0.4 is 5.32 Å². The molecule has 102 valence electrons. The summed E-state index contributed by atoms with van der Waals surface area (Å²) in [5, 5.41) is 11.7. The van der Waals surface area contributed by atoms with E-state index in [-0.39, 0.29) is 22.0 Å². The van der Waals surface area contributed by atoms with Gasteiger partial charge in [0.2, 0.25) is 0 Å². The standard InChI is InChI=1S/C13H8BrClN2O3/c14-7-3-4-8(9(15)6-7)12(18)17-10-2-1-5-16-11(10)13(19)20/h1-6H,(H,17,18)(H,19,20). The predicted octanol–water partition coefficient (Wildman–Crippen LogP) is 3.45. The fourth-order valence-electron chi connectivity index (χ4n) is 1.54. The first kappa shape index (κ1) is 14.5. The van der Waals surface area contributed by atoms with E-state index in [1.54, 1.807) is 18.2 Å². The summed E-state index contributed by atoms with van der Waals surface area (Å²) in [5.74, 6) is -1.72. The fourth-order valence-corrected chi connectivity index (χ4v) is 2.30. The molecule has 0 spiro atoms. The average Bonchev–Trinajstić information content (AvgIpc) is 2.38. The van der Waals surface area contributed by atoms with Gasteiger partial charge >= 0.3 is 5.97 Å². The van der Waals surface area contributed by atoms with Crippen molar-refractivity contribution in [2.45, 2.75) is 0 Å². The van der Waals surface area contributed by atoms with Crippen molar-refractivity contribution in [2.75, 3.05) is 5.32 Å². The second kappa shape index (κ2) is 6.02. The van der Waals surface area contributed by atoms with Gasteiger partial charge in [-0.2, -0.15) is 0 Å². The van der Waals surface area contributed by atoms with E-state index in [0.29, 0.717) is 0 Å². The van der Waals surface area contributed by atoms with Crippen LogP contribution in [-0.4, -0.2) is 22.0 Å². The number of carbonyl (C=O) groups is 2. The van der Waals surface area contributed by atoms with Crippen LogP contribution in [0.1, 0.15) is 20.8 Å². The number of carboxylic acid groups (broad SMARTS) is 1. The maximum atomic E-state index is 12.1. The number of carboxylic acids is 1. The minimum atomic E-state index is -1.22. The first-order valence-electron chi connectivity index (χ1n) is 5.44. The molecule has 5 nitrogen and oxygen atoms in total. The van der Waals surface area contributed by atoms with E-state index in [1.165, 1.54) is 18.3 Å². The lowest BCUT2D eigenvalue weighted by Gasteiger charge is -2.08. The lowest BCUT2D eigenvalue weighted by molar-refractivity contribution is 0.0692. The van der Waals surface area contributed by atoms with Crippen LogP contribution in [-0.2, 0) is 0 Å². The van der Waals surface area contributed by atoms with Crippen molar-refractivity contribution in [3.63, 3.8) is 0 Å². The van der Waals surface area contributed by atoms with Crippen LogP contribution in [0.2, 0.25) is 5.02 Å². The van der Waals surface area contributed by atoms with Gasteiger partial charge in [-0.1, -0.05) is 27.5 Å². The Kier molecular flexibility index (Phi) is 4.36. The lowest BCUT2D eigenvalue weighted by atomic mass is 10.2. The average molecular weight is 356 g/mol. The summed E-state index contributed by atoms with van der Waals surface area (Å²) in [6, 6.07) is 7.78. The van der Waals surface area contributed by atoms with Gasteiger partial charge in [-0.25, -0.2) is 9.78 Å². The maximum Gasteiger partial charge on any atom is 0.356 e. The normalized spacial score (nSPS) is 10.1. The number of aromatic carboxylic acids is 1. The molecule has 1 amide bonds. The molecule has 0 atom stereocenters. The van der Waals surface area contributed by atoms with Crippen molar-refractivity contribution in [3.05, 3.63) is 57.3 Å². The molecule has 0 saturated carbocycles. The van der Waals surface area contributed by atoms with Gasteiger partial charge in [0.25, 0.3) is 5.91 Å². The zero-order chi connectivity index (χ0) is 14.7. The number of nitrogens with zero attached hydrogens (tertiary/aromatic N) is 1. The molecule has 0 aliphatic heterocycles. The fraction of sp³-hybridized carbons (Fsp3) is 0. The van der Waals surface area contributed by atoms with Gasteiger partial charge < -0.3 is 10.4 Å². The van der Waals surface area contributed by atoms with Gasteiger partial charge in [0, 0.05) is 10.7 Å². The second-order valence-electron chi connectivity index (χ2n) is 3.78. The molecule has 2 rings (SSSR count). The van der Waals surface area contributed by atoms with Crippen molar-refractivity contribution >= 4 is 45.1 Å². The molecule has 0 bridgehead atoms. The van der Waals surface area contributed by atoms with Crippen molar-refractivity contribution in [1.82, 2.24) is 4.98 Å². The van der Waals surface area contributed by atoms with E-state index in [4.69, 9.17) is 16.7 Å². The smallest absolute Gasteiger partial charge is 0.356 e. The first-order valence-corrected chi connectivity index (χ1v) is 6.61. The number of carbonyl (C=O) groups excluding carboxylic acids is 1. The quantitative estimate of drug-likeness (QED) is 0.884. The number of pyridine rings is 1. The van der Waals surface area contributed by atoms with Crippen LogP contribution in [0.25, 0.3) is 0 Å². The summed E-state index contributed by atoms with van der Waals surface area (Å²) in [5.41, 5.74) is 0.133. The van der Waals surface area contributed by atoms with Crippen LogP contribution in [0.4, 0.5) is 5.69 Å². The second-order valence-corrected chi connectivity index (χ2v) is 5.11. The summed E-state index contributed by atoms with van der Waals surface area (Å²) in [4.78, 5) is 26.8. The molecule has 2 N–H and O–H groups in total. The van der Waals surface area contributed by atoms with Gasteiger partial charge in [-0.15, -0.1) is 0 Å². The highest BCUT2D eigenvalue weighted by atomic mass is 79.9. The minimum absolute atomic E-state index is 0.115. The van der Waals surface area contributed by atoms with Crippen LogP contribution in [0.5, 0.6) is 0 Å². The highest BCUT2D eigenvalue weighted by molar-refractivity contribution is 9.10. The number of hydrogen-bond acceptors (Lipinski definition) is 3. The van der Waals surface area contributed by atoms with Gasteiger partial charge in [-0.3, -0.25) is 4.79 Å². The molecule has 7 heteroatoms. The van der Waals surface area contributed by atoms with Gasteiger partial charge in [-0.05, 0) is 30.3 Å². The number of benzene rings is 1. The Morgan fingerprint density at radius 2 is 2.05 bits per heavy atom. The Bertz CT molecular complexity index is 691. The zero-order valence-corrected chi connectivity index (χ0v) is 12.3. The number of anilines is 1. The molecule has 20 heavy (non-hydrogen) atoms. The predicted molar refractivity (Wildman–Crippen MR) is 78.3 cm³/mol. The van der Waals surface area contributed by atoms with Gasteiger partial charge in [0.05, 0.1) is 16.3 Å². The van der Waals surface area contributed by atoms with Crippen molar-refractivity contribution in [1.29, 1.82) is 0 Å². The Morgan fingerprint density at radius 1 is 1.30 bits per heavy atom. The Labute approximate surface area is 127 Å². The molecular weight excluding hydrogens is 348 g/mol. The molecular formula is C13H8BrClN2O3. The molecule has 0 aliphatic carbocycles. The Balaban J connectivity index is 2.30. The van der Waals surface area contributed by atoms with Crippen molar-refractivity contribution < 1.29 is 14.7 Å². The van der Waals surface area contributed by atoms with E-state index in [2.05, 4.69) is 26.2 Å². The van der Waals surface area contributed by atoms with E-state index >= 15 is 0 Å². The molecule has 0 saturated heterocycles. The monoisotopic (exact) mass is 354 g/mol. The van der Waals surface area contributed by atoms with Gasteiger partial charge in [0.15, 0.2) is 5.69 Å². The molecule has 2 aromatic rings. The molecule has 0 unspecified atom stereocenters. The van der Waals surface area contributed by atoms with Crippen LogP contribution in [0.15, 0.2) is 41.0 Å². The van der Waals surface area contributed by atoms with E-state index in [0.717, 1.165) is 4.47 Å². The zero-order valence-electron chi connectivity index (χ0n) is 9.93. The summed E-state index contributed by atoms with van der Waals surface area (Å²) >= 11 is 9.21. The third kappa shape index (κ3) is 3.15. The highest BCUT2D eigenvalue weighted by Crippen LogP contribution is 2.23. The number of halogens is 2. The molecule has 0 aliphatic rings. The summed E-state index contributed by atoms with van der Waals surface area (Å²) in [7, 11) is 0. The molecule has 0 fully saturated rings. The molecule has 1 aromatic heterocycles. The Hall–Kier alpha value is -1.92. The summed E-state index contributed by atoms with van der Waals surface area (Å²) in [6.45, 7) is 0. The highest BCUT2D eigenvalue weighted by Gasteiger charge is 2.16. The topological polar surface area (TPSA) is 79.3 Å². The van der Waals surface area contributed by atoms with E-state index in [1.807, 2.05) is 0 Å². The molecule has 0 radical (unpaired) electrons. The number of amides is 1. The van der Waals surface area contributed by atoms with E-state index < -0.39 is 11.9 Å². The van der Waals surface area contributed by atoms with Crippen LogP contribution in [0, 0.1) is 0 Å². The van der Waals surface area contributed by atoms with E-state index in [9.17, 15) is 9.59 Å². The third-order valence-corrected chi connectivity index (χ3v) is 3.24. The molecule has 1 heterocycles. The SMILES string of the molecule is O=C(Nc1cccnc1C(=O)O)c1ccc(Br)cc1Cl. The van der Waals surface area contributed by atoms with Crippen molar-refractivity contribution in [2.24, 2.45) is 0 Å². The van der Waals surface area contributed by atoms with Gasteiger partial charge in [0.1, 0.15) is 0 Å². The summed E-state index contributed by atoms with van der Waals surface area (Å²) in [6.07, 6.45) is 1.34.